The molecule has 1 aromatic heterocycles. The Balaban J connectivity index is 3.01. The number of carbonyl (C=O) groups excluding carboxylic acids is 1. The Morgan fingerprint density at radius 3 is 2.16 bits per heavy atom. The van der Waals surface area contributed by atoms with Gasteiger partial charge in [-0.2, -0.15) is 26.3 Å². The van der Waals surface area contributed by atoms with Crippen LogP contribution in [0.5, 0.6) is 0 Å². The van der Waals surface area contributed by atoms with E-state index >= 15 is 0 Å². The van der Waals surface area contributed by atoms with Gasteiger partial charge in [-0.25, -0.2) is 4.98 Å². The maximum absolute atomic E-state index is 12.3. The first-order chi connectivity index (χ1) is 8.53. The summed E-state index contributed by atoms with van der Waals surface area (Å²) in [5.41, 5.74) is 0.249. The minimum absolute atomic E-state index is 0.249. The van der Waals surface area contributed by atoms with Crippen molar-refractivity contribution in [3.63, 3.8) is 0 Å². The minimum Gasteiger partial charge on any atom is -0.310 e. The molecule has 1 aromatic rings. The summed E-state index contributed by atoms with van der Waals surface area (Å²) in [6.45, 7) is 1.39. The van der Waals surface area contributed by atoms with Gasteiger partial charge in [-0.15, -0.1) is 0 Å². The molecule has 0 aliphatic heterocycles. The Kier molecular flexibility index (Phi) is 4.06. The number of aromatic nitrogens is 1. The molecule has 0 unspecified atom stereocenters. The van der Waals surface area contributed by atoms with E-state index < -0.39 is 24.2 Å². The largest absolute Gasteiger partial charge is 0.409 e. The van der Waals surface area contributed by atoms with Crippen molar-refractivity contribution in [1.29, 1.82) is 0 Å². The van der Waals surface area contributed by atoms with Gasteiger partial charge in [-0.05, 0) is 18.6 Å². The third-order valence-electron chi connectivity index (χ3n) is 2.17. The lowest BCUT2D eigenvalue weighted by Gasteiger charge is -2.22. The lowest BCUT2D eigenvalue weighted by atomic mass is 10.1. The fourth-order valence-corrected chi connectivity index (χ4v) is 1.29. The van der Waals surface area contributed by atoms with Gasteiger partial charge in [0, 0.05) is 6.20 Å². The maximum Gasteiger partial charge on any atom is 0.409 e. The zero-order chi connectivity index (χ0) is 14.8. The molecule has 0 aliphatic carbocycles. The van der Waals surface area contributed by atoms with Gasteiger partial charge < -0.3 is 5.32 Å². The number of pyridine rings is 1. The Morgan fingerprint density at radius 1 is 1.21 bits per heavy atom. The molecule has 0 spiro atoms. The van der Waals surface area contributed by atoms with Crippen LogP contribution in [0.2, 0.25) is 0 Å². The van der Waals surface area contributed by atoms with Crippen LogP contribution in [0, 0.1) is 12.8 Å². The predicted molar refractivity (Wildman–Crippen MR) is 53.2 cm³/mol. The van der Waals surface area contributed by atoms with Gasteiger partial charge in [-0.1, -0.05) is 6.07 Å². The SMILES string of the molecule is Cc1cccnc1NC(=O)C(C(F)(F)F)C(F)(F)F. The van der Waals surface area contributed by atoms with Gasteiger partial charge >= 0.3 is 12.4 Å². The molecule has 3 nitrogen and oxygen atoms in total. The fraction of sp³-hybridized carbons (Fsp3) is 0.400. The standard InChI is InChI=1S/C10H8F6N2O/c1-5-3-2-4-17-7(5)18-8(19)6(9(11,12)13)10(14,15)16/h2-4,6H,1H3,(H,17,18,19). The summed E-state index contributed by atoms with van der Waals surface area (Å²) < 4.78 is 73.6. The second-order valence-electron chi connectivity index (χ2n) is 3.67. The zero-order valence-corrected chi connectivity index (χ0v) is 9.43. The number of amides is 1. The van der Waals surface area contributed by atoms with Crippen molar-refractivity contribution in [3.05, 3.63) is 23.9 Å². The van der Waals surface area contributed by atoms with E-state index in [0.717, 1.165) is 6.20 Å². The third kappa shape index (κ3) is 3.83. The lowest BCUT2D eigenvalue weighted by Crippen LogP contribution is -2.45. The smallest absolute Gasteiger partial charge is 0.310 e. The minimum atomic E-state index is -5.72. The van der Waals surface area contributed by atoms with Crippen LogP contribution in [0.15, 0.2) is 18.3 Å². The number of aryl methyl sites for hydroxylation is 1. The van der Waals surface area contributed by atoms with Crippen LogP contribution in [0.1, 0.15) is 5.56 Å². The Bertz CT molecular complexity index is 454. The number of nitrogens with one attached hydrogen (secondary N) is 1. The number of hydrogen-bond donors (Lipinski definition) is 1. The normalized spacial score (nSPS) is 12.6. The highest BCUT2D eigenvalue weighted by Crippen LogP contribution is 2.39. The van der Waals surface area contributed by atoms with E-state index in [2.05, 4.69) is 4.98 Å². The molecule has 0 saturated heterocycles. The zero-order valence-electron chi connectivity index (χ0n) is 9.43. The molecule has 1 rings (SSSR count). The monoisotopic (exact) mass is 286 g/mol. The van der Waals surface area contributed by atoms with Gasteiger partial charge in [-0.3, -0.25) is 4.79 Å². The molecule has 0 aliphatic rings. The number of halogens is 6. The predicted octanol–water partition coefficient (Wildman–Crippen LogP) is 3.07. The average Bonchev–Trinajstić information content (AvgIpc) is 2.16. The van der Waals surface area contributed by atoms with Crippen molar-refractivity contribution in [3.8, 4) is 0 Å². The van der Waals surface area contributed by atoms with Gasteiger partial charge in [0.1, 0.15) is 5.82 Å². The molecule has 1 amide bonds. The van der Waals surface area contributed by atoms with Crippen LogP contribution in [0.4, 0.5) is 32.2 Å². The molecule has 0 atom stereocenters. The second-order valence-corrected chi connectivity index (χ2v) is 3.67. The second kappa shape index (κ2) is 5.06. The highest BCUT2D eigenvalue weighted by Gasteiger charge is 2.61. The molecular formula is C10H8F6N2O. The molecule has 1 heterocycles. The van der Waals surface area contributed by atoms with Crippen molar-refractivity contribution in [2.24, 2.45) is 5.92 Å². The van der Waals surface area contributed by atoms with Crippen LogP contribution < -0.4 is 5.32 Å². The third-order valence-corrected chi connectivity index (χ3v) is 2.17. The fourth-order valence-electron chi connectivity index (χ4n) is 1.29. The van der Waals surface area contributed by atoms with Gasteiger partial charge in [0.25, 0.3) is 0 Å². The molecule has 9 heteroatoms. The summed E-state index contributed by atoms with van der Waals surface area (Å²) in [6, 6.07) is 2.81. The molecular weight excluding hydrogens is 278 g/mol. The van der Waals surface area contributed by atoms with E-state index in [1.165, 1.54) is 24.4 Å². The lowest BCUT2D eigenvalue weighted by molar-refractivity contribution is -0.272. The first-order valence-corrected chi connectivity index (χ1v) is 4.89. The van der Waals surface area contributed by atoms with Crippen LogP contribution in [0.3, 0.4) is 0 Å². The van der Waals surface area contributed by atoms with E-state index in [-0.39, 0.29) is 11.4 Å². The summed E-state index contributed by atoms with van der Waals surface area (Å²) in [5, 5.41) is 1.53. The quantitative estimate of drug-likeness (QED) is 0.849. The molecule has 0 aromatic carbocycles. The van der Waals surface area contributed by atoms with Crippen molar-refractivity contribution in [1.82, 2.24) is 4.98 Å². The summed E-state index contributed by atoms with van der Waals surface area (Å²) >= 11 is 0. The van der Waals surface area contributed by atoms with Crippen molar-refractivity contribution < 1.29 is 31.1 Å². The maximum atomic E-state index is 12.3. The van der Waals surface area contributed by atoms with Crippen LogP contribution in [0.25, 0.3) is 0 Å². The van der Waals surface area contributed by atoms with E-state index in [4.69, 9.17) is 0 Å². The molecule has 0 saturated carbocycles. The highest BCUT2D eigenvalue weighted by molar-refractivity contribution is 5.93. The van der Waals surface area contributed by atoms with Gasteiger partial charge in [0.15, 0.2) is 0 Å². The summed E-state index contributed by atoms with van der Waals surface area (Å²) in [6.07, 6.45) is -10.3. The number of rotatable bonds is 2. The van der Waals surface area contributed by atoms with Crippen molar-refractivity contribution >= 4 is 11.7 Å². The van der Waals surface area contributed by atoms with E-state index in [1.54, 1.807) is 0 Å². The number of nitrogens with zero attached hydrogens (tertiary/aromatic N) is 1. The topological polar surface area (TPSA) is 42.0 Å². The molecule has 106 valence electrons. The Hall–Kier alpha value is -1.80. The van der Waals surface area contributed by atoms with Crippen LogP contribution in [-0.2, 0) is 4.79 Å². The summed E-state index contributed by atoms with van der Waals surface area (Å²) in [7, 11) is 0. The van der Waals surface area contributed by atoms with E-state index in [1.807, 2.05) is 0 Å². The van der Waals surface area contributed by atoms with Crippen molar-refractivity contribution in [2.45, 2.75) is 19.3 Å². The van der Waals surface area contributed by atoms with Gasteiger partial charge in [0.05, 0.1) is 0 Å². The highest BCUT2D eigenvalue weighted by atomic mass is 19.4. The summed E-state index contributed by atoms with van der Waals surface area (Å²) in [4.78, 5) is 14.7. The molecule has 0 radical (unpaired) electrons. The Labute approximate surface area is 103 Å². The van der Waals surface area contributed by atoms with E-state index in [0.29, 0.717) is 0 Å². The Morgan fingerprint density at radius 2 is 1.74 bits per heavy atom. The number of anilines is 1. The number of alkyl halides is 6. The van der Waals surface area contributed by atoms with E-state index in [9.17, 15) is 31.1 Å². The summed E-state index contributed by atoms with van der Waals surface area (Å²) in [5.74, 6) is -6.63. The van der Waals surface area contributed by atoms with Crippen molar-refractivity contribution in [2.75, 3.05) is 5.32 Å². The molecule has 19 heavy (non-hydrogen) atoms. The number of hydrogen-bond acceptors (Lipinski definition) is 2. The number of carbonyl (C=O) groups is 1. The molecule has 1 N–H and O–H groups in total. The molecule has 0 bridgehead atoms. The van der Waals surface area contributed by atoms with Gasteiger partial charge in [0.2, 0.25) is 11.8 Å². The molecule has 0 fully saturated rings. The van der Waals surface area contributed by atoms with Crippen LogP contribution >= 0.6 is 0 Å². The average molecular weight is 286 g/mol. The first kappa shape index (κ1) is 15.3. The van der Waals surface area contributed by atoms with Crippen LogP contribution in [-0.4, -0.2) is 23.2 Å². The first-order valence-electron chi connectivity index (χ1n) is 4.89.